The number of hydrogen-bond donors (Lipinski definition) is 1. The van der Waals surface area contributed by atoms with Crippen LogP contribution in [0.3, 0.4) is 0 Å². The zero-order valence-corrected chi connectivity index (χ0v) is 6.95. The van der Waals surface area contributed by atoms with Gasteiger partial charge >= 0.3 is 6.41 Å². The van der Waals surface area contributed by atoms with Crippen LogP contribution in [0.1, 0.15) is 5.56 Å². The molecule has 1 aliphatic rings. The maximum atomic E-state index is 10.4. The number of carbonyl (C=O) groups is 1. The molecule has 12 heavy (non-hydrogen) atoms. The molecule has 2 rings (SSSR count). The van der Waals surface area contributed by atoms with Crippen molar-refractivity contribution in [2.24, 2.45) is 5.10 Å². The van der Waals surface area contributed by atoms with Gasteiger partial charge in [-0.1, -0.05) is 17.2 Å². The molecule has 62 valence electrons. The van der Waals surface area contributed by atoms with E-state index in [-0.39, 0.29) is 12.4 Å². The molecule has 3 nitrogen and oxygen atoms in total. The summed E-state index contributed by atoms with van der Waals surface area (Å²) in [6.07, 6.45) is 2.49. The van der Waals surface area contributed by atoms with E-state index in [0.717, 1.165) is 17.7 Å². The molecule has 1 amide bonds. The average Bonchev–Trinajstić information content (AvgIpc) is 2.47. The van der Waals surface area contributed by atoms with Crippen LogP contribution in [0.5, 0.6) is 0 Å². The fraction of sp³-hybridized carbons (Fsp3) is 0. The Kier molecular flexibility index (Phi) is 2.58. The van der Waals surface area contributed by atoms with Gasteiger partial charge in [0.15, 0.2) is 5.69 Å². The lowest BCUT2D eigenvalue weighted by molar-refractivity contribution is -0.741. The average molecular weight is 183 g/mol. The van der Waals surface area contributed by atoms with Crippen LogP contribution in [0.4, 0.5) is 5.69 Å². The number of quaternary nitrogens is 1. The van der Waals surface area contributed by atoms with Gasteiger partial charge in [0, 0.05) is 6.07 Å². The highest BCUT2D eigenvalue weighted by Gasteiger charge is 2.19. The van der Waals surface area contributed by atoms with Crippen molar-refractivity contribution in [3.63, 3.8) is 0 Å². The van der Waals surface area contributed by atoms with E-state index in [9.17, 15) is 4.79 Å². The number of amides is 1. The lowest BCUT2D eigenvalue weighted by Gasteiger charge is -1.97. The Bertz CT molecular complexity index is 325. The first kappa shape index (κ1) is 8.90. The summed E-state index contributed by atoms with van der Waals surface area (Å²) in [7, 11) is 0. The molecule has 4 heteroatoms. The number of nitrogens with zero attached hydrogens (tertiary/aromatic N) is 1. The van der Waals surface area contributed by atoms with Gasteiger partial charge in [-0.05, 0) is 6.07 Å². The third kappa shape index (κ3) is 1.24. The standard InChI is InChI=1S/C8H6N2O.ClH/c11-6-10-8-4-2-1-3-7(8)5-9-10;/h1-6H;1H. The Balaban J connectivity index is 0.000000720. The molecule has 0 aliphatic carbocycles. The molecule has 1 N–H and O–H groups in total. The Morgan fingerprint density at radius 2 is 2.08 bits per heavy atom. The first-order valence-electron chi connectivity index (χ1n) is 3.37. The second-order valence-electron chi connectivity index (χ2n) is 2.35. The van der Waals surface area contributed by atoms with E-state index in [1.54, 1.807) is 6.21 Å². The van der Waals surface area contributed by atoms with E-state index in [4.69, 9.17) is 0 Å². The topological polar surface area (TPSA) is 33.9 Å². The third-order valence-corrected chi connectivity index (χ3v) is 1.69. The van der Waals surface area contributed by atoms with E-state index < -0.39 is 0 Å². The van der Waals surface area contributed by atoms with E-state index in [0.29, 0.717) is 5.01 Å². The van der Waals surface area contributed by atoms with Gasteiger partial charge in [0.1, 0.15) is 0 Å². The highest BCUT2D eigenvalue weighted by Crippen LogP contribution is 2.09. The maximum absolute atomic E-state index is 10.4. The fourth-order valence-corrected chi connectivity index (χ4v) is 1.15. The number of halogens is 1. The largest absolute Gasteiger partial charge is 1.00 e. The molecule has 0 saturated heterocycles. The molecule has 0 radical (unpaired) electrons. The van der Waals surface area contributed by atoms with E-state index in [1.807, 2.05) is 24.3 Å². The monoisotopic (exact) mass is 182 g/mol. The van der Waals surface area contributed by atoms with Crippen molar-refractivity contribution in [1.29, 1.82) is 0 Å². The quantitative estimate of drug-likeness (QED) is 0.454. The molecular formula is C8H7ClN2O. The van der Waals surface area contributed by atoms with Crippen molar-refractivity contribution in [2.75, 3.05) is 0 Å². The summed E-state index contributed by atoms with van der Waals surface area (Å²) in [6, 6.07) is 7.66. The van der Waals surface area contributed by atoms with Crippen molar-refractivity contribution < 1.29 is 22.2 Å². The van der Waals surface area contributed by atoms with E-state index in [2.05, 4.69) is 5.10 Å². The number of hydrogen-bond acceptors (Lipinski definition) is 2. The summed E-state index contributed by atoms with van der Waals surface area (Å²) in [5.74, 6) is 0. The zero-order valence-electron chi connectivity index (χ0n) is 6.20. The zero-order chi connectivity index (χ0) is 7.68. The van der Waals surface area contributed by atoms with Gasteiger partial charge in [-0.3, -0.25) is 0 Å². The van der Waals surface area contributed by atoms with Crippen LogP contribution in [-0.2, 0) is 4.79 Å². The summed E-state index contributed by atoms with van der Waals surface area (Å²) >= 11 is 0. The normalized spacial score (nSPS) is 18.2. The molecule has 0 fully saturated rings. The maximum Gasteiger partial charge on any atom is 0.331 e. The molecule has 0 saturated carbocycles. The van der Waals surface area contributed by atoms with E-state index >= 15 is 0 Å². The molecule has 1 aliphatic heterocycles. The van der Waals surface area contributed by atoms with Crippen molar-refractivity contribution >= 4 is 18.3 Å². The molecule has 0 spiro atoms. The SMILES string of the molecule is O=C[NH+]1N=Cc2ccccc21.[Cl-]. The Hall–Kier alpha value is -1.19. The van der Waals surface area contributed by atoms with Gasteiger partial charge in [0.05, 0.1) is 11.8 Å². The number of rotatable bonds is 1. The van der Waals surface area contributed by atoms with Crippen LogP contribution in [0.15, 0.2) is 29.4 Å². The number of carbonyl (C=O) groups excluding carboxylic acids is 1. The predicted molar refractivity (Wildman–Crippen MR) is 40.7 cm³/mol. The van der Waals surface area contributed by atoms with Crippen molar-refractivity contribution in [3.8, 4) is 0 Å². The van der Waals surface area contributed by atoms with Gasteiger partial charge in [0.2, 0.25) is 0 Å². The molecule has 0 bridgehead atoms. The van der Waals surface area contributed by atoms with Crippen LogP contribution >= 0.6 is 0 Å². The lowest BCUT2D eigenvalue weighted by atomic mass is 10.2. The minimum atomic E-state index is 0. The third-order valence-electron chi connectivity index (χ3n) is 1.69. The molecule has 0 aromatic heterocycles. The van der Waals surface area contributed by atoms with Crippen LogP contribution in [0.25, 0.3) is 0 Å². The van der Waals surface area contributed by atoms with E-state index in [1.165, 1.54) is 0 Å². The van der Waals surface area contributed by atoms with Crippen LogP contribution in [0, 0.1) is 0 Å². The second-order valence-corrected chi connectivity index (χ2v) is 2.35. The summed E-state index contributed by atoms with van der Waals surface area (Å²) in [4.78, 5) is 10.4. The summed E-state index contributed by atoms with van der Waals surface area (Å²) < 4.78 is 0. The fourth-order valence-electron chi connectivity index (χ4n) is 1.15. The summed E-state index contributed by atoms with van der Waals surface area (Å²) in [6.45, 7) is 0. The summed E-state index contributed by atoms with van der Waals surface area (Å²) in [5.41, 5.74) is 1.96. The second kappa shape index (κ2) is 3.47. The van der Waals surface area contributed by atoms with Crippen LogP contribution < -0.4 is 17.4 Å². The Labute approximate surface area is 76.1 Å². The number of fused-ring (bicyclic) bond motifs is 1. The lowest BCUT2D eigenvalue weighted by Crippen LogP contribution is -3.00. The minimum Gasteiger partial charge on any atom is -1.00 e. The number of nitrogens with one attached hydrogen (secondary N) is 1. The molecular weight excluding hydrogens is 176 g/mol. The highest BCUT2D eigenvalue weighted by atomic mass is 35.5. The molecule has 1 heterocycles. The van der Waals surface area contributed by atoms with Crippen molar-refractivity contribution in [1.82, 2.24) is 0 Å². The minimum absolute atomic E-state index is 0. The van der Waals surface area contributed by atoms with Crippen LogP contribution in [0.2, 0.25) is 0 Å². The molecule has 1 aromatic rings. The van der Waals surface area contributed by atoms with Gasteiger partial charge in [-0.25, -0.2) is 4.79 Å². The number of para-hydroxylation sites is 1. The molecule has 1 atom stereocenters. The smallest absolute Gasteiger partial charge is 0.331 e. The van der Waals surface area contributed by atoms with Crippen LogP contribution in [-0.4, -0.2) is 12.6 Å². The Morgan fingerprint density at radius 1 is 1.33 bits per heavy atom. The first-order valence-corrected chi connectivity index (χ1v) is 3.37. The predicted octanol–water partition coefficient (Wildman–Crippen LogP) is -3.29. The number of benzene rings is 1. The highest BCUT2D eigenvalue weighted by molar-refractivity contribution is 5.87. The summed E-state index contributed by atoms with van der Waals surface area (Å²) in [5, 5.41) is 4.47. The first-order chi connectivity index (χ1) is 5.42. The van der Waals surface area contributed by atoms with Gasteiger partial charge < -0.3 is 12.4 Å². The van der Waals surface area contributed by atoms with Crippen molar-refractivity contribution in [3.05, 3.63) is 29.8 Å². The van der Waals surface area contributed by atoms with Gasteiger partial charge in [-0.2, -0.15) is 0 Å². The van der Waals surface area contributed by atoms with Gasteiger partial charge in [0.25, 0.3) is 0 Å². The van der Waals surface area contributed by atoms with Gasteiger partial charge in [-0.15, -0.1) is 5.01 Å². The molecule has 1 aromatic carbocycles. The molecule has 1 unspecified atom stereocenters. The van der Waals surface area contributed by atoms with Crippen molar-refractivity contribution in [2.45, 2.75) is 0 Å². The Morgan fingerprint density at radius 3 is 2.83 bits per heavy atom.